The molecule has 0 saturated heterocycles. The van der Waals surface area contributed by atoms with Crippen LogP contribution in [0.5, 0.6) is 0 Å². The van der Waals surface area contributed by atoms with E-state index in [4.69, 9.17) is 4.42 Å². The lowest BCUT2D eigenvalue weighted by molar-refractivity contribution is -0.117. The molecule has 0 unspecified atom stereocenters. The van der Waals surface area contributed by atoms with Crippen molar-refractivity contribution in [1.82, 2.24) is 14.6 Å². The second kappa shape index (κ2) is 4.92. The van der Waals surface area contributed by atoms with Gasteiger partial charge in [0.15, 0.2) is 5.65 Å². The maximum absolute atomic E-state index is 11.9. The van der Waals surface area contributed by atoms with Gasteiger partial charge in [0, 0.05) is 16.9 Å². The van der Waals surface area contributed by atoms with Gasteiger partial charge in [-0.1, -0.05) is 6.07 Å². The zero-order chi connectivity index (χ0) is 16.1. The SMILES string of the molecule is O=C(Nc1nc2cccc(-c3ccc4occc4c3)n2n1)C1CC1. The van der Waals surface area contributed by atoms with Crippen molar-refractivity contribution in [3.05, 3.63) is 48.7 Å². The molecule has 1 saturated carbocycles. The third-order valence-corrected chi connectivity index (χ3v) is 4.29. The molecule has 118 valence electrons. The molecule has 1 aromatic carbocycles. The predicted molar refractivity (Wildman–Crippen MR) is 89.5 cm³/mol. The average molecular weight is 318 g/mol. The van der Waals surface area contributed by atoms with Gasteiger partial charge in [-0.15, -0.1) is 5.10 Å². The smallest absolute Gasteiger partial charge is 0.249 e. The Bertz CT molecular complexity index is 1070. The second-order valence-corrected chi connectivity index (χ2v) is 6.05. The van der Waals surface area contributed by atoms with Gasteiger partial charge in [0.2, 0.25) is 11.9 Å². The topological polar surface area (TPSA) is 72.4 Å². The molecule has 1 amide bonds. The highest BCUT2D eigenvalue weighted by atomic mass is 16.3. The van der Waals surface area contributed by atoms with Gasteiger partial charge >= 0.3 is 0 Å². The summed E-state index contributed by atoms with van der Waals surface area (Å²) < 4.78 is 7.14. The Hall–Kier alpha value is -3.15. The molecule has 6 nitrogen and oxygen atoms in total. The van der Waals surface area contributed by atoms with Crippen LogP contribution in [0.2, 0.25) is 0 Å². The molecule has 3 aromatic heterocycles. The van der Waals surface area contributed by atoms with Crippen LogP contribution in [0.1, 0.15) is 12.8 Å². The van der Waals surface area contributed by atoms with E-state index in [1.54, 1.807) is 10.8 Å². The summed E-state index contributed by atoms with van der Waals surface area (Å²) in [5.41, 5.74) is 3.47. The summed E-state index contributed by atoms with van der Waals surface area (Å²) in [6.07, 6.45) is 3.58. The van der Waals surface area contributed by atoms with Crippen molar-refractivity contribution in [3.63, 3.8) is 0 Å². The number of furan rings is 1. The highest BCUT2D eigenvalue weighted by Gasteiger charge is 2.30. The second-order valence-electron chi connectivity index (χ2n) is 6.05. The first kappa shape index (κ1) is 13.3. The van der Waals surface area contributed by atoms with Gasteiger partial charge in [-0.3, -0.25) is 10.1 Å². The molecule has 0 radical (unpaired) electrons. The molecule has 0 spiro atoms. The Kier molecular flexibility index (Phi) is 2.73. The van der Waals surface area contributed by atoms with Crippen LogP contribution in [-0.2, 0) is 4.79 Å². The number of rotatable bonds is 3. The standard InChI is InChI=1S/C18H14N4O2/c23-17(11-4-5-11)20-18-19-16-3-1-2-14(22(16)21-18)12-6-7-15-13(10-12)8-9-24-15/h1-3,6-11H,4-5H2,(H,20,21,23). The van der Waals surface area contributed by atoms with Gasteiger partial charge in [0.05, 0.1) is 12.0 Å². The quantitative estimate of drug-likeness (QED) is 0.627. The lowest BCUT2D eigenvalue weighted by Crippen LogP contribution is -2.14. The molecule has 0 atom stereocenters. The van der Waals surface area contributed by atoms with Crippen molar-refractivity contribution < 1.29 is 9.21 Å². The van der Waals surface area contributed by atoms with Crippen LogP contribution in [0.15, 0.2) is 53.1 Å². The minimum atomic E-state index is 0.00673. The number of benzene rings is 1. The van der Waals surface area contributed by atoms with Crippen LogP contribution in [0.4, 0.5) is 5.95 Å². The van der Waals surface area contributed by atoms with Gasteiger partial charge in [-0.05, 0) is 49.2 Å². The molecule has 5 rings (SSSR count). The van der Waals surface area contributed by atoms with Crippen LogP contribution in [0.25, 0.3) is 27.9 Å². The molecule has 1 aliphatic rings. The molecular weight excluding hydrogens is 304 g/mol. The van der Waals surface area contributed by atoms with Crippen LogP contribution in [0.3, 0.4) is 0 Å². The summed E-state index contributed by atoms with van der Waals surface area (Å²) in [6.45, 7) is 0. The van der Waals surface area contributed by atoms with Gasteiger partial charge in [0.1, 0.15) is 5.58 Å². The highest BCUT2D eigenvalue weighted by molar-refractivity contribution is 5.92. The number of nitrogens with one attached hydrogen (secondary N) is 1. The monoisotopic (exact) mass is 318 g/mol. The molecule has 1 N–H and O–H groups in total. The maximum Gasteiger partial charge on any atom is 0.249 e. The number of pyridine rings is 1. The number of hydrogen-bond donors (Lipinski definition) is 1. The van der Waals surface area contributed by atoms with E-state index in [-0.39, 0.29) is 11.8 Å². The summed E-state index contributed by atoms with van der Waals surface area (Å²) >= 11 is 0. The Morgan fingerprint density at radius 2 is 2.12 bits per heavy atom. The van der Waals surface area contributed by atoms with Crippen molar-refractivity contribution >= 4 is 28.5 Å². The molecule has 4 aromatic rings. The zero-order valence-electron chi connectivity index (χ0n) is 12.8. The van der Waals surface area contributed by atoms with E-state index < -0.39 is 0 Å². The van der Waals surface area contributed by atoms with E-state index in [2.05, 4.69) is 21.5 Å². The van der Waals surface area contributed by atoms with Gasteiger partial charge in [-0.25, -0.2) is 4.52 Å². The molecule has 24 heavy (non-hydrogen) atoms. The van der Waals surface area contributed by atoms with Crippen molar-refractivity contribution in [2.75, 3.05) is 5.32 Å². The van der Waals surface area contributed by atoms with Crippen LogP contribution in [0, 0.1) is 5.92 Å². The Morgan fingerprint density at radius 3 is 3.00 bits per heavy atom. The lowest BCUT2D eigenvalue weighted by Gasteiger charge is -2.04. The largest absolute Gasteiger partial charge is 0.464 e. The van der Waals surface area contributed by atoms with Gasteiger partial charge in [-0.2, -0.15) is 4.98 Å². The van der Waals surface area contributed by atoms with Crippen molar-refractivity contribution in [2.45, 2.75) is 12.8 Å². The minimum Gasteiger partial charge on any atom is -0.464 e. The Balaban J connectivity index is 1.59. The van der Waals surface area contributed by atoms with Crippen LogP contribution < -0.4 is 5.32 Å². The average Bonchev–Trinajstić information content (AvgIpc) is 3.20. The van der Waals surface area contributed by atoms with Crippen LogP contribution in [-0.4, -0.2) is 20.5 Å². The molecular formula is C18H14N4O2. The molecule has 0 bridgehead atoms. The molecule has 3 heterocycles. The fraction of sp³-hybridized carbons (Fsp3) is 0.167. The number of nitrogens with zero attached hydrogens (tertiary/aromatic N) is 3. The highest BCUT2D eigenvalue weighted by Crippen LogP contribution is 2.30. The number of fused-ring (bicyclic) bond motifs is 2. The summed E-state index contributed by atoms with van der Waals surface area (Å²) in [6, 6.07) is 13.7. The molecule has 1 aliphatic carbocycles. The van der Waals surface area contributed by atoms with E-state index in [0.29, 0.717) is 11.6 Å². The summed E-state index contributed by atoms with van der Waals surface area (Å²) in [5, 5.41) is 8.29. The lowest BCUT2D eigenvalue weighted by atomic mass is 10.1. The summed E-state index contributed by atoms with van der Waals surface area (Å²) in [4.78, 5) is 16.3. The van der Waals surface area contributed by atoms with E-state index >= 15 is 0 Å². The van der Waals surface area contributed by atoms with E-state index in [9.17, 15) is 4.79 Å². The zero-order valence-corrected chi connectivity index (χ0v) is 12.8. The number of carbonyl (C=O) groups is 1. The summed E-state index contributed by atoms with van der Waals surface area (Å²) in [7, 11) is 0. The third kappa shape index (κ3) is 2.15. The number of hydrogen-bond acceptors (Lipinski definition) is 4. The molecule has 0 aliphatic heterocycles. The first-order chi connectivity index (χ1) is 11.8. The van der Waals surface area contributed by atoms with Crippen LogP contribution >= 0.6 is 0 Å². The predicted octanol–water partition coefficient (Wildman–Crippen LogP) is 3.49. The summed E-state index contributed by atoms with van der Waals surface area (Å²) in [5.74, 6) is 0.482. The molecule has 1 fully saturated rings. The van der Waals surface area contributed by atoms with Gasteiger partial charge in [0.25, 0.3) is 0 Å². The first-order valence-electron chi connectivity index (χ1n) is 7.92. The Labute approximate surface area is 137 Å². The molecule has 6 heteroatoms. The Morgan fingerprint density at radius 1 is 1.21 bits per heavy atom. The van der Waals surface area contributed by atoms with E-state index in [1.807, 2.05) is 36.4 Å². The van der Waals surface area contributed by atoms with E-state index in [0.717, 1.165) is 35.1 Å². The van der Waals surface area contributed by atoms with Crippen molar-refractivity contribution in [2.24, 2.45) is 5.92 Å². The normalized spacial score (nSPS) is 14.3. The van der Waals surface area contributed by atoms with Crippen molar-refractivity contribution in [1.29, 1.82) is 0 Å². The minimum absolute atomic E-state index is 0.00673. The number of carbonyl (C=O) groups excluding carboxylic acids is 1. The van der Waals surface area contributed by atoms with Crippen molar-refractivity contribution in [3.8, 4) is 11.3 Å². The third-order valence-electron chi connectivity index (χ3n) is 4.29. The van der Waals surface area contributed by atoms with Gasteiger partial charge < -0.3 is 4.42 Å². The number of aromatic nitrogens is 3. The maximum atomic E-state index is 11.9. The first-order valence-corrected chi connectivity index (χ1v) is 7.92. The fourth-order valence-electron chi connectivity index (χ4n) is 2.86. The number of amides is 1. The fourth-order valence-corrected chi connectivity index (χ4v) is 2.86. The van der Waals surface area contributed by atoms with E-state index in [1.165, 1.54) is 0 Å². The number of anilines is 1.